The standard InChI is InChI=1S/C17H24N4O2/c1-2-5-12-10-15(12)20-16(22)19-14-7-4-3-6-13(14)11-21-9-8-18-17(21)23/h3-4,6-7,12,15H,2,5,8-11H2,1H3,(H,18,23)(H2,19,20,22)/t12-,15-/m1/s1. The highest BCUT2D eigenvalue weighted by atomic mass is 16.2. The van der Waals surface area contributed by atoms with Crippen LogP contribution >= 0.6 is 0 Å². The summed E-state index contributed by atoms with van der Waals surface area (Å²) in [6.45, 7) is 4.04. The van der Waals surface area contributed by atoms with Crippen molar-refractivity contribution in [2.24, 2.45) is 5.92 Å². The van der Waals surface area contributed by atoms with Crippen LogP contribution in [0.5, 0.6) is 0 Å². The first-order valence-corrected chi connectivity index (χ1v) is 8.35. The molecule has 0 bridgehead atoms. The number of nitrogens with zero attached hydrogens (tertiary/aromatic N) is 1. The molecule has 1 saturated heterocycles. The SMILES string of the molecule is CCC[C@@H]1C[C@H]1NC(=O)Nc1ccccc1CN1CCNC1=O. The van der Waals surface area contributed by atoms with E-state index in [1.54, 1.807) is 4.90 Å². The van der Waals surface area contributed by atoms with Gasteiger partial charge in [0.1, 0.15) is 0 Å². The number of anilines is 1. The zero-order valence-electron chi connectivity index (χ0n) is 13.5. The lowest BCUT2D eigenvalue weighted by Crippen LogP contribution is -2.32. The maximum Gasteiger partial charge on any atom is 0.319 e. The molecule has 0 aromatic heterocycles. The van der Waals surface area contributed by atoms with Gasteiger partial charge in [0.15, 0.2) is 0 Å². The first-order valence-electron chi connectivity index (χ1n) is 8.35. The number of carbonyl (C=O) groups is 2. The largest absolute Gasteiger partial charge is 0.336 e. The zero-order valence-corrected chi connectivity index (χ0v) is 13.5. The van der Waals surface area contributed by atoms with Crippen molar-refractivity contribution in [1.82, 2.24) is 15.5 Å². The van der Waals surface area contributed by atoms with Crippen LogP contribution in [-0.2, 0) is 6.54 Å². The number of nitrogens with one attached hydrogen (secondary N) is 3. The molecular weight excluding hydrogens is 292 g/mol. The van der Waals surface area contributed by atoms with Gasteiger partial charge in [0, 0.05) is 31.4 Å². The average molecular weight is 316 g/mol. The molecule has 1 heterocycles. The number of benzene rings is 1. The van der Waals surface area contributed by atoms with Crippen LogP contribution in [0.15, 0.2) is 24.3 Å². The third-order valence-electron chi connectivity index (χ3n) is 4.47. The Morgan fingerprint density at radius 3 is 2.96 bits per heavy atom. The second-order valence-corrected chi connectivity index (χ2v) is 6.30. The van der Waals surface area contributed by atoms with E-state index in [4.69, 9.17) is 0 Å². The number of hydrogen-bond acceptors (Lipinski definition) is 2. The number of hydrogen-bond donors (Lipinski definition) is 3. The molecule has 1 aliphatic carbocycles. The van der Waals surface area contributed by atoms with Crippen LogP contribution in [0.2, 0.25) is 0 Å². The van der Waals surface area contributed by atoms with Crippen molar-refractivity contribution < 1.29 is 9.59 Å². The Morgan fingerprint density at radius 1 is 1.39 bits per heavy atom. The van der Waals surface area contributed by atoms with E-state index in [2.05, 4.69) is 22.9 Å². The maximum atomic E-state index is 12.2. The van der Waals surface area contributed by atoms with Gasteiger partial charge in [0.25, 0.3) is 0 Å². The van der Waals surface area contributed by atoms with Crippen LogP contribution in [-0.4, -0.2) is 36.1 Å². The number of amides is 4. The fraction of sp³-hybridized carbons (Fsp3) is 0.529. The second kappa shape index (κ2) is 6.89. The lowest BCUT2D eigenvalue weighted by Gasteiger charge is -2.17. The van der Waals surface area contributed by atoms with Gasteiger partial charge >= 0.3 is 12.1 Å². The third-order valence-corrected chi connectivity index (χ3v) is 4.47. The summed E-state index contributed by atoms with van der Waals surface area (Å²) in [5, 5.41) is 8.74. The summed E-state index contributed by atoms with van der Waals surface area (Å²) in [7, 11) is 0. The Labute approximate surface area is 136 Å². The van der Waals surface area contributed by atoms with Crippen molar-refractivity contribution in [2.75, 3.05) is 18.4 Å². The lowest BCUT2D eigenvalue weighted by molar-refractivity contribution is 0.215. The van der Waals surface area contributed by atoms with Gasteiger partial charge in [0.2, 0.25) is 0 Å². The molecule has 0 radical (unpaired) electrons. The minimum atomic E-state index is -0.160. The van der Waals surface area contributed by atoms with Crippen molar-refractivity contribution in [3.05, 3.63) is 29.8 Å². The molecule has 2 atom stereocenters. The molecule has 6 heteroatoms. The molecule has 1 aliphatic heterocycles. The molecule has 1 saturated carbocycles. The summed E-state index contributed by atoms with van der Waals surface area (Å²) >= 11 is 0. The van der Waals surface area contributed by atoms with Crippen molar-refractivity contribution >= 4 is 17.7 Å². The van der Waals surface area contributed by atoms with E-state index in [0.29, 0.717) is 31.6 Å². The van der Waals surface area contributed by atoms with Gasteiger partial charge in [-0.2, -0.15) is 0 Å². The summed E-state index contributed by atoms with van der Waals surface area (Å²) < 4.78 is 0. The van der Waals surface area contributed by atoms with E-state index in [9.17, 15) is 9.59 Å². The molecular formula is C17H24N4O2. The smallest absolute Gasteiger partial charge is 0.319 e. The zero-order chi connectivity index (χ0) is 16.2. The summed E-state index contributed by atoms with van der Waals surface area (Å²) in [5.41, 5.74) is 1.71. The molecule has 0 unspecified atom stereocenters. The molecule has 124 valence electrons. The van der Waals surface area contributed by atoms with E-state index < -0.39 is 0 Å². The quantitative estimate of drug-likeness (QED) is 0.754. The Hall–Kier alpha value is -2.24. The number of para-hydroxylation sites is 1. The molecule has 0 spiro atoms. The van der Waals surface area contributed by atoms with Crippen LogP contribution in [0.25, 0.3) is 0 Å². The van der Waals surface area contributed by atoms with Crippen LogP contribution < -0.4 is 16.0 Å². The normalized spacial score (nSPS) is 22.7. The Balaban J connectivity index is 1.57. The van der Waals surface area contributed by atoms with Crippen LogP contribution in [0.4, 0.5) is 15.3 Å². The molecule has 3 rings (SSSR count). The van der Waals surface area contributed by atoms with Gasteiger partial charge in [-0.1, -0.05) is 31.5 Å². The van der Waals surface area contributed by atoms with Gasteiger partial charge in [-0.05, 0) is 30.4 Å². The summed E-state index contributed by atoms with van der Waals surface area (Å²) in [4.78, 5) is 25.6. The molecule has 2 fully saturated rings. The first kappa shape index (κ1) is 15.6. The monoisotopic (exact) mass is 316 g/mol. The topological polar surface area (TPSA) is 73.5 Å². The van der Waals surface area contributed by atoms with Gasteiger partial charge in [-0.15, -0.1) is 0 Å². The average Bonchev–Trinajstić information content (AvgIpc) is 3.12. The number of rotatable bonds is 6. The van der Waals surface area contributed by atoms with Crippen molar-refractivity contribution in [3.8, 4) is 0 Å². The van der Waals surface area contributed by atoms with Crippen molar-refractivity contribution in [1.29, 1.82) is 0 Å². The third kappa shape index (κ3) is 3.94. The van der Waals surface area contributed by atoms with Crippen LogP contribution in [0.3, 0.4) is 0 Å². The molecule has 4 amide bonds. The molecule has 1 aromatic carbocycles. The highest BCUT2D eigenvalue weighted by molar-refractivity contribution is 5.90. The molecule has 23 heavy (non-hydrogen) atoms. The molecule has 3 N–H and O–H groups in total. The fourth-order valence-electron chi connectivity index (χ4n) is 3.09. The highest BCUT2D eigenvalue weighted by Gasteiger charge is 2.37. The summed E-state index contributed by atoms with van der Waals surface area (Å²) in [6, 6.07) is 7.73. The minimum Gasteiger partial charge on any atom is -0.336 e. The molecule has 2 aliphatic rings. The summed E-state index contributed by atoms with van der Waals surface area (Å²) in [5.74, 6) is 0.634. The van der Waals surface area contributed by atoms with Gasteiger partial charge in [-0.25, -0.2) is 9.59 Å². The van der Waals surface area contributed by atoms with E-state index in [0.717, 1.165) is 24.1 Å². The van der Waals surface area contributed by atoms with Crippen LogP contribution in [0, 0.1) is 5.92 Å². The fourth-order valence-corrected chi connectivity index (χ4v) is 3.09. The lowest BCUT2D eigenvalue weighted by atomic mass is 10.1. The van der Waals surface area contributed by atoms with Crippen molar-refractivity contribution in [2.45, 2.75) is 38.8 Å². The minimum absolute atomic E-state index is 0.0513. The number of urea groups is 2. The Morgan fingerprint density at radius 2 is 2.22 bits per heavy atom. The van der Waals surface area contributed by atoms with Crippen molar-refractivity contribution in [3.63, 3.8) is 0 Å². The van der Waals surface area contributed by atoms with Gasteiger partial charge in [0.05, 0.1) is 0 Å². The summed E-state index contributed by atoms with van der Waals surface area (Å²) in [6.07, 6.45) is 3.41. The Kier molecular flexibility index (Phi) is 4.69. The van der Waals surface area contributed by atoms with E-state index >= 15 is 0 Å². The van der Waals surface area contributed by atoms with Gasteiger partial charge < -0.3 is 20.9 Å². The van der Waals surface area contributed by atoms with E-state index in [1.165, 1.54) is 6.42 Å². The first-order chi connectivity index (χ1) is 11.2. The molecule has 1 aromatic rings. The van der Waals surface area contributed by atoms with Gasteiger partial charge in [-0.3, -0.25) is 0 Å². The number of carbonyl (C=O) groups excluding carboxylic acids is 2. The van der Waals surface area contributed by atoms with E-state index in [-0.39, 0.29) is 12.1 Å². The maximum absolute atomic E-state index is 12.2. The van der Waals surface area contributed by atoms with E-state index in [1.807, 2.05) is 24.3 Å². The molecule has 6 nitrogen and oxygen atoms in total. The second-order valence-electron chi connectivity index (χ2n) is 6.30. The predicted octanol–water partition coefficient (Wildman–Crippen LogP) is 2.52. The highest BCUT2D eigenvalue weighted by Crippen LogP contribution is 2.34. The van der Waals surface area contributed by atoms with Crippen LogP contribution in [0.1, 0.15) is 31.7 Å². The Bertz CT molecular complexity index is 590. The predicted molar refractivity (Wildman–Crippen MR) is 89.2 cm³/mol.